The Kier molecular flexibility index (Phi) is 11.4. The fraction of sp³-hybridized carbons (Fsp3) is 0.679. The van der Waals surface area contributed by atoms with Crippen LogP contribution in [0.5, 0.6) is 0 Å². The molecule has 0 bridgehead atoms. The van der Waals surface area contributed by atoms with E-state index in [9.17, 15) is 14.4 Å². The van der Waals surface area contributed by atoms with Gasteiger partial charge in [-0.25, -0.2) is 0 Å². The Morgan fingerprint density at radius 2 is 1.65 bits per heavy atom. The summed E-state index contributed by atoms with van der Waals surface area (Å²) < 4.78 is 0. The molecule has 174 valence electrons. The van der Waals surface area contributed by atoms with Crippen molar-refractivity contribution in [1.29, 1.82) is 0 Å². The molecular formula is C28H44O3. The number of carbonyl (C=O) groups excluding carboxylic acids is 3. The van der Waals surface area contributed by atoms with E-state index in [0.29, 0.717) is 6.42 Å². The summed E-state index contributed by atoms with van der Waals surface area (Å²) in [5.41, 5.74) is 5.71. The third-order valence-electron chi connectivity index (χ3n) is 6.64. The first-order valence-electron chi connectivity index (χ1n) is 12.3. The number of hydrogen-bond acceptors (Lipinski definition) is 3. The average molecular weight is 429 g/mol. The molecule has 0 aliphatic heterocycles. The zero-order valence-corrected chi connectivity index (χ0v) is 21.2. The van der Waals surface area contributed by atoms with E-state index >= 15 is 0 Å². The number of aryl methyl sites for hydroxylation is 1. The number of ketones is 3. The zero-order valence-electron chi connectivity index (χ0n) is 21.2. The third-order valence-corrected chi connectivity index (χ3v) is 6.64. The molecule has 1 aromatic rings. The Morgan fingerprint density at radius 3 is 2.16 bits per heavy atom. The van der Waals surface area contributed by atoms with E-state index < -0.39 is 0 Å². The van der Waals surface area contributed by atoms with E-state index in [1.54, 1.807) is 0 Å². The minimum absolute atomic E-state index is 0.0445. The van der Waals surface area contributed by atoms with Gasteiger partial charge in [0.1, 0.15) is 11.6 Å². The lowest BCUT2D eigenvalue weighted by molar-refractivity contribution is -0.129. The fourth-order valence-electron chi connectivity index (χ4n) is 5.11. The van der Waals surface area contributed by atoms with Crippen LogP contribution in [0.3, 0.4) is 0 Å². The summed E-state index contributed by atoms with van der Waals surface area (Å²) in [6.07, 6.45) is 6.45. The van der Waals surface area contributed by atoms with Crippen molar-refractivity contribution in [1.82, 2.24) is 0 Å². The molecule has 0 aromatic heterocycles. The number of Topliss-reactive ketones (excluding diaryl/α,β-unsaturated/α-hetero) is 3. The maximum Gasteiger partial charge on any atom is 0.163 e. The van der Waals surface area contributed by atoms with Gasteiger partial charge in [0.25, 0.3) is 0 Å². The van der Waals surface area contributed by atoms with Gasteiger partial charge in [-0.05, 0) is 81.0 Å². The molecule has 3 unspecified atom stereocenters. The Hall–Kier alpha value is -1.77. The average Bonchev–Trinajstić information content (AvgIpc) is 2.66. The summed E-state index contributed by atoms with van der Waals surface area (Å²) in [5.74, 6) is 0.762. The lowest BCUT2D eigenvalue weighted by Gasteiger charge is -2.32. The molecule has 0 saturated carbocycles. The molecule has 0 saturated heterocycles. The molecule has 1 aromatic carbocycles. The van der Waals surface area contributed by atoms with E-state index in [-0.39, 0.29) is 41.5 Å². The maximum absolute atomic E-state index is 12.9. The second-order valence-electron chi connectivity index (χ2n) is 9.53. The highest BCUT2D eigenvalue weighted by Gasteiger charge is 2.33. The topological polar surface area (TPSA) is 51.2 Å². The summed E-state index contributed by atoms with van der Waals surface area (Å²) >= 11 is 0. The van der Waals surface area contributed by atoms with Crippen LogP contribution in [-0.4, -0.2) is 17.3 Å². The third kappa shape index (κ3) is 7.40. The van der Waals surface area contributed by atoms with Crippen LogP contribution < -0.4 is 0 Å². The number of carbonyl (C=O) groups is 3. The van der Waals surface area contributed by atoms with Crippen LogP contribution in [0.25, 0.3) is 0 Å². The number of rotatable bonds is 9. The largest absolute Gasteiger partial charge is 0.300 e. The molecule has 1 aliphatic carbocycles. The van der Waals surface area contributed by atoms with E-state index in [0.717, 1.165) is 43.2 Å². The molecule has 3 nitrogen and oxygen atoms in total. The monoisotopic (exact) mass is 428 g/mol. The normalized spacial score (nSPS) is 17.3. The van der Waals surface area contributed by atoms with E-state index in [1.807, 2.05) is 6.92 Å². The molecule has 0 fully saturated rings. The van der Waals surface area contributed by atoms with Gasteiger partial charge in [0.15, 0.2) is 5.78 Å². The predicted octanol–water partition coefficient (Wildman–Crippen LogP) is 7.15. The number of benzene rings is 1. The Balaban J connectivity index is 0.00000151. The molecule has 3 heteroatoms. The highest BCUT2D eigenvalue weighted by atomic mass is 16.1. The van der Waals surface area contributed by atoms with Crippen molar-refractivity contribution in [3.8, 4) is 0 Å². The van der Waals surface area contributed by atoms with Crippen LogP contribution in [-0.2, 0) is 16.0 Å². The molecule has 0 spiro atoms. The standard InChI is InChI=1S/C25H36O3.C3H8/c1-7-9-20(22(8-2)23(27)11-16(4)26)12-19-13-21-10-15(3)17(5)18(6)25(21)24(28)14-19;1-3-2/h10,19-20,22H,7-9,11-14H2,1-6H3;3H2,1-2H3. The lowest BCUT2D eigenvalue weighted by atomic mass is 9.71. The van der Waals surface area contributed by atoms with Crippen LogP contribution >= 0.6 is 0 Å². The van der Waals surface area contributed by atoms with Crippen molar-refractivity contribution in [2.45, 2.75) is 107 Å². The van der Waals surface area contributed by atoms with E-state index in [4.69, 9.17) is 0 Å². The first-order chi connectivity index (χ1) is 14.6. The summed E-state index contributed by atoms with van der Waals surface area (Å²) in [5, 5.41) is 0. The SMILES string of the molecule is CCC.CCCC(CC1CC(=O)c2c(cc(C)c(C)c2C)C1)C(CC)C(=O)CC(C)=O. The second kappa shape index (κ2) is 12.9. The molecule has 0 amide bonds. The van der Waals surface area contributed by atoms with Gasteiger partial charge in [0, 0.05) is 17.9 Å². The first-order valence-corrected chi connectivity index (χ1v) is 12.3. The van der Waals surface area contributed by atoms with Crippen LogP contribution in [0, 0.1) is 38.5 Å². The summed E-state index contributed by atoms with van der Waals surface area (Å²) in [6.45, 7) is 16.2. The number of hydrogen-bond donors (Lipinski definition) is 0. The van der Waals surface area contributed by atoms with Gasteiger partial charge in [0.05, 0.1) is 6.42 Å². The highest BCUT2D eigenvalue weighted by molar-refractivity contribution is 6.00. The van der Waals surface area contributed by atoms with E-state index in [2.05, 4.69) is 47.6 Å². The van der Waals surface area contributed by atoms with Gasteiger partial charge < -0.3 is 0 Å². The Morgan fingerprint density at radius 1 is 1.03 bits per heavy atom. The molecule has 31 heavy (non-hydrogen) atoms. The lowest BCUT2D eigenvalue weighted by Crippen LogP contribution is -2.30. The van der Waals surface area contributed by atoms with Crippen molar-refractivity contribution in [2.24, 2.45) is 17.8 Å². The molecule has 0 N–H and O–H groups in total. The van der Waals surface area contributed by atoms with Crippen LogP contribution in [0.15, 0.2) is 6.07 Å². The van der Waals surface area contributed by atoms with Gasteiger partial charge in [-0.15, -0.1) is 0 Å². The first kappa shape index (κ1) is 27.3. The summed E-state index contributed by atoms with van der Waals surface area (Å²) in [4.78, 5) is 37.0. The van der Waals surface area contributed by atoms with Gasteiger partial charge in [-0.2, -0.15) is 0 Å². The highest BCUT2D eigenvalue weighted by Crippen LogP contribution is 2.37. The molecule has 3 atom stereocenters. The Labute approximate surface area is 190 Å². The maximum atomic E-state index is 12.9. The summed E-state index contributed by atoms with van der Waals surface area (Å²) in [6, 6.07) is 2.19. The fourth-order valence-corrected chi connectivity index (χ4v) is 5.11. The van der Waals surface area contributed by atoms with Gasteiger partial charge in [-0.1, -0.05) is 53.0 Å². The molecular weight excluding hydrogens is 384 g/mol. The molecule has 0 heterocycles. The number of fused-ring (bicyclic) bond motifs is 1. The second-order valence-corrected chi connectivity index (χ2v) is 9.53. The van der Waals surface area contributed by atoms with Crippen molar-refractivity contribution in [2.75, 3.05) is 0 Å². The minimum atomic E-state index is -0.0677. The summed E-state index contributed by atoms with van der Waals surface area (Å²) in [7, 11) is 0. The van der Waals surface area contributed by atoms with Crippen LogP contribution in [0.2, 0.25) is 0 Å². The molecule has 2 rings (SSSR count). The smallest absolute Gasteiger partial charge is 0.163 e. The van der Waals surface area contributed by atoms with Crippen molar-refractivity contribution >= 4 is 17.3 Å². The minimum Gasteiger partial charge on any atom is -0.300 e. The zero-order chi connectivity index (χ0) is 23.7. The molecule has 0 radical (unpaired) electrons. The van der Waals surface area contributed by atoms with Crippen molar-refractivity contribution in [3.05, 3.63) is 33.9 Å². The van der Waals surface area contributed by atoms with Gasteiger partial charge in [0.2, 0.25) is 0 Å². The van der Waals surface area contributed by atoms with Gasteiger partial charge >= 0.3 is 0 Å². The van der Waals surface area contributed by atoms with Crippen molar-refractivity contribution in [3.63, 3.8) is 0 Å². The quantitative estimate of drug-likeness (QED) is 0.392. The predicted molar refractivity (Wildman–Crippen MR) is 130 cm³/mol. The van der Waals surface area contributed by atoms with Gasteiger partial charge in [-0.3, -0.25) is 14.4 Å². The van der Waals surface area contributed by atoms with Crippen LogP contribution in [0.1, 0.15) is 112 Å². The van der Waals surface area contributed by atoms with E-state index in [1.165, 1.54) is 30.0 Å². The Bertz CT molecular complexity index is 775. The molecule has 1 aliphatic rings. The van der Waals surface area contributed by atoms with Crippen molar-refractivity contribution < 1.29 is 14.4 Å². The van der Waals surface area contributed by atoms with Crippen LogP contribution in [0.4, 0.5) is 0 Å².